The van der Waals surface area contributed by atoms with Crippen molar-refractivity contribution in [3.8, 4) is 0 Å². The zero-order chi connectivity index (χ0) is 21.1. The number of aliphatic hydroxyl groups is 2. The van der Waals surface area contributed by atoms with Crippen molar-refractivity contribution >= 4 is 23.9 Å². The molecule has 0 aliphatic heterocycles. The van der Waals surface area contributed by atoms with E-state index in [4.69, 9.17) is 29.2 Å². The molecule has 0 radical (unpaired) electrons. The molecule has 0 unspecified atom stereocenters. The van der Waals surface area contributed by atoms with Crippen LogP contribution in [0.15, 0.2) is 12.1 Å². The van der Waals surface area contributed by atoms with Crippen molar-refractivity contribution in [3.63, 3.8) is 0 Å². The second-order valence-electron chi connectivity index (χ2n) is 5.10. The third kappa shape index (κ3) is 6.03. The van der Waals surface area contributed by atoms with Gasteiger partial charge in [-0.2, -0.15) is 0 Å². The SMILES string of the molecule is CCOC(=O)c1cc(C(=O)OCCO)c(C(=O)OCCO)cc1C(=O)OCC. The zero-order valence-electron chi connectivity index (χ0n) is 15.6. The van der Waals surface area contributed by atoms with Crippen molar-refractivity contribution in [2.24, 2.45) is 0 Å². The van der Waals surface area contributed by atoms with Gasteiger partial charge in [-0.15, -0.1) is 0 Å². The minimum absolute atomic E-state index is 0.00564. The van der Waals surface area contributed by atoms with E-state index >= 15 is 0 Å². The number of rotatable bonds is 10. The van der Waals surface area contributed by atoms with E-state index in [1.54, 1.807) is 13.8 Å². The highest BCUT2D eigenvalue weighted by Crippen LogP contribution is 2.22. The maximum atomic E-state index is 12.3. The van der Waals surface area contributed by atoms with Crippen molar-refractivity contribution in [3.05, 3.63) is 34.4 Å². The van der Waals surface area contributed by atoms with Gasteiger partial charge in [0.15, 0.2) is 0 Å². The lowest BCUT2D eigenvalue weighted by molar-refractivity contribution is 0.0387. The van der Waals surface area contributed by atoms with Gasteiger partial charge in [0.05, 0.1) is 48.7 Å². The van der Waals surface area contributed by atoms with Crippen molar-refractivity contribution in [1.29, 1.82) is 0 Å². The summed E-state index contributed by atoms with van der Waals surface area (Å²) in [5, 5.41) is 17.6. The van der Waals surface area contributed by atoms with E-state index in [0.29, 0.717) is 0 Å². The number of carbonyl (C=O) groups excluding carboxylic acids is 4. The predicted octanol–water partition coefficient (Wildman–Crippen LogP) is 0.338. The van der Waals surface area contributed by atoms with Crippen molar-refractivity contribution < 1.29 is 48.3 Å². The molecule has 1 rings (SSSR count). The first-order valence-corrected chi connectivity index (χ1v) is 8.49. The summed E-state index contributed by atoms with van der Waals surface area (Å²) in [6.45, 7) is 1.51. The Balaban J connectivity index is 3.57. The molecule has 0 heterocycles. The van der Waals surface area contributed by atoms with Crippen LogP contribution in [-0.4, -0.2) is 73.7 Å². The standard InChI is InChI=1S/C18H22O10/c1-3-25-15(21)11-9-13(17(23)27-7-5-19)14(18(24)28-8-6-20)10-12(11)16(22)26-4-2/h9-10,19-20H,3-8H2,1-2H3. The Labute approximate surface area is 160 Å². The van der Waals surface area contributed by atoms with Gasteiger partial charge in [-0.05, 0) is 26.0 Å². The molecule has 28 heavy (non-hydrogen) atoms. The molecule has 1 aromatic rings. The van der Waals surface area contributed by atoms with Gasteiger partial charge in [0.25, 0.3) is 0 Å². The highest BCUT2D eigenvalue weighted by Gasteiger charge is 2.28. The van der Waals surface area contributed by atoms with E-state index < -0.39 is 37.1 Å². The van der Waals surface area contributed by atoms with Crippen LogP contribution in [0.2, 0.25) is 0 Å². The zero-order valence-corrected chi connectivity index (χ0v) is 15.6. The van der Waals surface area contributed by atoms with Crippen LogP contribution in [0, 0.1) is 0 Å². The lowest BCUT2D eigenvalue weighted by atomic mass is 9.98. The summed E-state index contributed by atoms with van der Waals surface area (Å²) in [7, 11) is 0. The molecule has 0 fully saturated rings. The summed E-state index contributed by atoms with van der Waals surface area (Å²) in [6.07, 6.45) is 0. The second-order valence-corrected chi connectivity index (χ2v) is 5.10. The van der Waals surface area contributed by atoms with E-state index in [0.717, 1.165) is 12.1 Å². The van der Waals surface area contributed by atoms with Crippen LogP contribution in [0.5, 0.6) is 0 Å². The molecule has 0 aliphatic carbocycles. The van der Waals surface area contributed by atoms with E-state index in [2.05, 4.69) is 0 Å². The van der Waals surface area contributed by atoms with Crippen LogP contribution in [0.3, 0.4) is 0 Å². The van der Waals surface area contributed by atoms with E-state index in [1.165, 1.54) is 0 Å². The molecule has 0 aliphatic rings. The van der Waals surface area contributed by atoms with Crippen LogP contribution in [0.25, 0.3) is 0 Å². The van der Waals surface area contributed by atoms with E-state index in [1.807, 2.05) is 0 Å². The average molecular weight is 398 g/mol. The highest BCUT2D eigenvalue weighted by atomic mass is 16.6. The molecule has 10 heteroatoms. The topological polar surface area (TPSA) is 146 Å². The maximum Gasteiger partial charge on any atom is 0.339 e. The van der Waals surface area contributed by atoms with Gasteiger partial charge in [0.2, 0.25) is 0 Å². The summed E-state index contributed by atoms with van der Waals surface area (Å²) >= 11 is 0. The van der Waals surface area contributed by atoms with Gasteiger partial charge < -0.3 is 29.2 Å². The lowest BCUT2D eigenvalue weighted by Crippen LogP contribution is -2.21. The largest absolute Gasteiger partial charge is 0.462 e. The summed E-state index contributed by atoms with van der Waals surface area (Å²) in [4.78, 5) is 49.1. The van der Waals surface area contributed by atoms with Crippen molar-refractivity contribution in [2.45, 2.75) is 13.8 Å². The monoisotopic (exact) mass is 398 g/mol. The number of benzene rings is 1. The Morgan fingerprint density at radius 1 is 0.643 bits per heavy atom. The summed E-state index contributed by atoms with van der Waals surface area (Å²) < 4.78 is 19.4. The predicted molar refractivity (Wildman–Crippen MR) is 93.1 cm³/mol. The Morgan fingerprint density at radius 3 is 1.18 bits per heavy atom. The summed E-state index contributed by atoms with van der Waals surface area (Å²) in [6, 6.07) is 1.94. The fraction of sp³-hybridized carbons (Fsp3) is 0.444. The number of hydrogen-bond acceptors (Lipinski definition) is 10. The molecule has 10 nitrogen and oxygen atoms in total. The first-order chi connectivity index (χ1) is 13.4. The third-order valence-electron chi connectivity index (χ3n) is 3.24. The molecule has 0 bridgehead atoms. The van der Waals surface area contributed by atoms with Gasteiger partial charge in [-0.3, -0.25) is 0 Å². The maximum absolute atomic E-state index is 12.3. The Morgan fingerprint density at radius 2 is 0.929 bits per heavy atom. The number of carbonyl (C=O) groups is 4. The van der Waals surface area contributed by atoms with Gasteiger partial charge in [-0.25, -0.2) is 19.2 Å². The second kappa shape index (κ2) is 11.7. The van der Waals surface area contributed by atoms with Gasteiger partial charge >= 0.3 is 23.9 Å². The molecule has 0 atom stereocenters. The summed E-state index contributed by atoms with van der Waals surface area (Å²) in [5.41, 5.74) is -1.33. The fourth-order valence-corrected chi connectivity index (χ4v) is 2.13. The Bertz CT molecular complexity index is 664. The molecular weight excluding hydrogens is 376 g/mol. The molecule has 2 N–H and O–H groups in total. The molecule has 0 amide bonds. The Hall–Kier alpha value is -2.98. The normalized spacial score (nSPS) is 10.1. The first kappa shape index (κ1) is 23.1. The third-order valence-corrected chi connectivity index (χ3v) is 3.24. The van der Waals surface area contributed by atoms with Gasteiger partial charge in [0.1, 0.15) is 13.2 Å². The van der Waals surface area contributed by atoms with E-state index in [9.17, 15) is 19.2 Å². The van der Waals surface area contributed by atoms with Crippen molar-refractivity contribution in [2.75, 3.05) is 39.6 Å². The lowest BCUT2D eigenvalue weighted by Gasteiger charge is -2.14. The van der Waals surface area contributed by atoms with Crippen molar-refractivity contribution in [1.82, 2.24) is 0 Å². The molecular formula is C18H22O10. The molecule has 0 spiro atoms. The summed E-state index contributed by atoms with van der Waals surface area (Å²) in [5.74, 6) is -3.86. The Kier molecular flexibility index (Phi) is 9.61. The molecule has 0 saturated heterocycles. The van der Waals surface area contributed by atoms with Gasteiger partial charge in [-0.1, -0.05) is 0 Å². The van der Waals surface area contributed by atoms with E-state index in [-0.39, 0.29) is 48.7 Å². The number of esters is 4. The molecule has 1 aromatic carbocycles. The number of aliphatic hydroxyl groups excluding tert-OH is 2. The molecule has 0 aromatic heterocycles. The van der Waals surface area contributed by atoms with Crippen LogP contribution in [-0.2, 0) is 18.9 Å². The van der Waals surface area contributed by atoms with Crippen LogP contribution < -0.4 is 0 Å². The molecule has 154 valence electrons. The highest BCUT2D eigenvalue weighted by molar-refractivity contribution is 6.10. The average Bonchev–Trinajstić information content (AvgIpc) is 2.69. The van der Waals surface area contributed by atoms with Crippen LogP contribution in [0.1, 0.15) is 55.3 Å². The first-order valence-electron chi connectivity index (χ1n) is 8.49. The smallest absolute Gasteiger partial charge is 0.339 e. The number of hydrogen-bond donors (Lipinski definition) is 2. The van der Waals surface area contributed by atoms with Gasteiger partial charge in [0, 0.05) is 0 Å². The van der Waals surface area contributed by atoms with Crippen LogP contribution >= 0.6 is 0 Å². The quantitative estimate of drug-likeness (QED) is 0.418. The minimum Gasteiger partial charge on any atom is -0.462 e. The molecule has 0 saturated carbocycles. The van der Waals surface area contributed by atoms with Crippen LogP contribution in [0.4, 0.5) is 0 Å². The minimum atomic E-state index is -1.02. The fourth-order valence-electron chi connectivity index (χ4n) is 2.13. The number of ether oxygens (including phenoxy) is 4.